The zero-order valence-corrected chi connectivity index (χ0v) is 11.1. The number of rotatable bonds is 8. The van der Waals surface area contributed by atoms with E-state index in [9.17, 15) is 9.18 Å². The Kier molecular flexibility index (Phi) is 7.51. The van der Waals surface area contributed by atoms with Crippen LogP contribution in [0, 0.1) is 5.82 Å². The molecule has 0 atom stereocenters. The van der Waals surface area contributed by atoms with E-state index in [4.69, 9.17) is 5.73 Å². The second kappa shape index (κ2) is 9.28. The number of hydrogen-bond acceptors (Lipinski definition) is 2. The third-order valence-corrected chi connectivity index (χ3v) is 2.73. The lowest BCUT2D eigenvalue weighted by molar-refractivity contribution is -0.116. The van der Waals surface area contributed by atoms with Crippen molar-refractivity contribution in [2.45, 2.75) is 25.7 Å². The highest BCUT2D eigenvalue weighted by molar-refractivity contribution is 5.91. The highest BCUT2D eigenvalue weighted by Gasteiger charge is 1.95. The van der Waals surface area contributed by atoms with Crippen molar-refractivity contribution in [3.8, 4) is 0 Å². The lowest BCUT2D eigenvalue weighted by Crippen LogP contribution is -2.22. The summed E-state index contributed by atoms with van der Waals surface area (Å²) < 4.78 is 12.7. The largest absolute Gasteiger partial charge is 0.353 e. The predicted molar refractivity (Wildman–Crippen MR) is 76.0 cm³/mol. The second-order valence-corrected chi connectivity index (χ2v) is 4.38. The molecule has 0 saturated carbocycles. The first-order valence-electron chi connectivity index (χ1n) is 6.64. The summed E-state index contributed by atoms with van der Waals surface area (Å²) in [6.45, 7) is 1.41. The molecule has 0 saturated heterocycles. The van der Waals surface area contributed by atoms with Crippen LogP contribution in [-0.2, 0) is 4.79 Å². The fraction of sp³-hybridized carbons (Fsp3) is 0.400. The van der Waals surface area contributed by atoms with Gasteiger partial charge in [0.05, 0.1) is 0 Å². The first-order valence-corrected chi connectivity index (χ1v) is 6.64. The molecule has 1 aromatic rings. The second-order valence-electron chi connectivity index (χ2n) is 4.38. The maximum absolute atomic E-state index is 12.7. The highest BCUT2D eigenvalue weighted by Crippen LogP contribution is 2.04. The average molecular weight is 264 g/mol. The molecule has 0 spiro atoms. The molecule has 4 heteroatoms. The molecular formula is C15H21FN2O. The van der Waals surface area contributed by atoms with Gasteiger partial charge in [-0.1, -0.05) is 25.0 Å². The lowest BCUT2D eigenvalue weighted by atomic mass is 10.2. The van der Waals surface area contributed by atoms with E-state index < -0.39 is 0 Å². The normalized spacial score (nSPS) is 10.8. The van der Waals surface area contributed by atoms with Crippen molar-refractivity contribution in [2.24, 2.45) is 5.73 Å². The van der Waals surface area contributed by atoms with E-state index in [0.29, 0.717) is 6.54 Å². The Morgan fingerprint density at radius 1 is 1.16 bits per heavy atom. The zero-order valence-electron chi connectivity index (χ0n) is 11.1. The summed E-state index contributed by atoms with van der Waals surface area (Å²) in [5.74, 6) is -0.401. The minimum Gasteiger partial charge on any atom is -0.353 e. The van der Waals surface area contributed by atoms with Crippen LogP contribution >= 0.6 is 0 Å². The van der Waals surface area contributed by atoms with Crippen LogP contribution in [0.2, 0.25) is 0 Å². The Bertz CT molecular complexity index is 401. The maximum Gasteiger partial charge on any atom is 0.243 e. The smallest absolute Gasteiger partial charge is 0.243 e. The van der Waals surface area contributed by atoms with Gasteiger partial charge in [0.1, 0.15) is 5.82 Å². The van der Waals surface area contributed by atoms with E-state index in [2.05, 4.69) is 5.32 Å². The first-order chi connectivity index (χ1) is 9.22. The SMILES string of the molecule is NCCCCCCNC(=O)/C=C/c1ccc(F)cc1. The summed E-state index contributed by atoms with van der Waals surface area (Å²) in [6.07, 6.45) is 7.34. The van der Waals surface area contributed by atoms with E-state index in [0.717, 1.165) is 37.8 Å². The van der Waals surface area contributed by atoms with Gasteiger partial charge in [-0.2, -0.15) is 0 Å². The van der Waals surface area contributed by atoms with Crippen LogP contribution in [0.4, 0.5) is 4.39 Å². The fourth-order valence-corrected chi connectivity index (χ4v) is 1.64. The summed E-state index contributed by atoms with van der Waals surface area (Å²) in [5, 5.41) is 2.81. The van der Waals surface area contributed by atoms with Gasteiger partial charge in [-0.25, -0.2) is 4.39 Å². The fourth-order valence-electron chi connectivity index (χ4n) is 1.64. The highest BCUT2D eigenvalue weighted by atomic mass is 19.1. The van der Waals surface area contributed by atoms with Crippen LogP contribution in [0.25, 0.3) is 6.08 Å². The summed E-state index contributed by atoms with van der Waals surface area (Å²) in [4.78, 5) is 11.5. The molecule has 0 unspecified atom stereocenters. The third-order valence-electron chi connectivity index (χ3n) is 2.73. The molecule has 0 aromatic heterocycles. The number of carbonyl (C=O) groups excluding carboxylic acids is 1. The van der Waals surface area contributed by atoms with Gasteiger partial charge in [0, 0.05) is 12.6 Å². The van der Waals surface area contributed by atoms with Gasteiger partial charge in [0.15, 0.2) is 0 Å². The monoisotopic (exact) mass is 264 g/mol. The summed E-state index contributed by atoms with van der Waals surface area (Å²) in [7, 11) is 0. The van der Waals surface area contributed by atoms with Crippen molar-refractivity contribution in [3.05, 3.63) is 41.7 Å². The zero-order chi connectivity index (χ0) is 13.9. The molecule has 1 amide bonds. The van der Waals surface area contributed by atoms with Gasteiger partial charge in [-0.15, -0.1) is 0 Å². The number of amides is 1. The summed E-state index contributed by atoms with van der Waals surface area (Å²) in [6, 6.07) is 6.00. The van der Waals surface area contributed by atoms with E-state index in [-0.39, 0.29) is 11.7 Å². The third kappa shape index (κ3) is 7.36. The van der Waals surface area contributed by atoms with Crippen molar-refractivity contribution >= 4 is 12.0 Å². The summed E-state index contributed by atoms with van der Waals surface area (Å²) in [5.41, 5.74) is 6.20. The minimum absolute atomic E-state index is 0.122. The molecule has 3 nitrogen and oxygen atoms in total. The Balaban J connectivity index is 2.18. The molecule has 19 heavy (non-hydrogen) atoms. The average Bonchev–Trinajstić information content (AvgIpc) is 2.42. The van der Waals surface area contributed by atoms with Crippen LogP contribution in [-0.4, -0.2) is 19.0 Å². The number of unbranched alkanes of at least 4 members (excludes halogenated alkanes) is 3. The number of nitrogens with one attached hydrogen (secondary N) is 1. The molecule has 0 bridgehead atoms. The van der Waals surface area contributed by atoms with Crippen molar-refractivity contribution < 1.29 is 9.18 Å². The molecule has 0 aliphatic heterocycles. The van der Waals surface area contributed by atoms with E-state index in [1.165, 1.54) is 18.2 Å². The van der Waals surface area contributed by atoms with Crippen molar-refractivity contribution in [3.63, 3.8) is 0 Å². The first kappa shape index (κ1) is 15.4. The van der Waals surface area contributed by atoms with Gasteiger partial charge in [0.25, 0.3) is 0 Å². The number of hydrogen-bond donors (Lipinski definition) is 2. The molecule has 1 aromatic carbocycles. The molecule has 0 aliphatic carbocycles. The number of benzene rings is 1. The molecule has 1 rings (SSSR count). The van der Waals surface area contributed by atoms with Crippen LogP contribution in [0.3, 0.4) is 0 Å². The van der Waals surface area contributed by atoms with Gasteiger partial charge >= 0.3 is 0 Å². The van der Waals surface area contributed by atoms with Crippen LogP contribution in [0.5, 0.6) is 0 Å². The molecule has 0 aliphatic rings. The van der Waals surface area contributed by atoms with Gasteiger partial charge < -0.3 is 11.1 Å². The quantitative estimate of drug-likeness (QED) is 0.560. The Labute approximate surface area is 113 Å². The van der Waals surface area contributed by atoms with Gasteiger partial charge in [-0.3, -0.25) is 4.79 Å². The van der Waals surface area contributed by atoms with E-state index in [1.54, 1.807) is 18.2 Å². The lowest BCUT2D eigenvalue weighted by Gasteiger charge is -2.01. The number of carbonyl (C=O) groups is 1. The molecule has 3 N–H and O–H groups in total. The topological polar surface area (TPSA) is 55.1 Å². The van der Waals surface area contributed by atoms with Crippen LogP contribution in [0.1, 0.15) is 31.2 Å². The predicted octanol–water partition coefficient (Wildman–Crippen LogP) is 2.47. The standard InChI is InChI=1S/C15H21FN2O/c16-14-8-5-13(6-9-14)7-10-15(19)18-12-4-2-1-3-11-17/h5-10H,1-4,11-12,17H2,(H,18,19)/b10-7+. The molecule has 0 heterocycles. The van der Waals surface area contributed by atoms with Crippen LogP contribution in [0.15, 0.2) is 30.3 Å². The van der Waals surface area contributed by atoms with E-state index >= 15 is 0 Å². The van der Waals surface area contributed by atoms with Crippen LogP contribution < -0.4 is 11.1 Å². The number of halogens is 1. The molecular weight excluding hydrogens is 243 g/mol. The molecule has 0 fully saturated rings. The van der Waals surface area contributed by atoms with Gasteiger partial charge in [-0.05, 0) is 43.2 Å². The Hall–Kier alpha value is -1.68. The maximum atomic E-state index is 12.7. The van der Waals surface area contributed by atoms with Crippen molar-refractivity contribution in [1.82, 2.24) is 5.32 Å². The minimum atomic E-state index is -0.279. The molecule has 104 valence electrons. The van der Waals surface area contributed by atoms with Gasteiger partial charge in [0.2, 0.25) is 5.91 Å². The Morgan fingerprint density at radius 3 is 2.53 bits per heavy atom. The Morgan fingerprint density at radius 2 is 1.84 bits per heavy atom. The van der Waals surface area contributed by atoms with Crippen molar-refractivity contribution in [2.75, 3.05) is 13.1 Å². The van der Waals surface area contributed by atoms with Crippen molar-refractivity contribution in [1.29, 1.82) is 0 Å². The molecule has 0 radical (unpaired) electrons. The summed E-state index contributed by atoms with van der Waals surface area (Å²) >= 11 is 0. The number of nitrogens with two attached hydrogens (primary N) is 1. The van der Waals surface area contributed by atoms with E-state index in [1.807, 2.05) is 0 Å².